The van der Waals surface area contributed by atoms with E-state index in [4.69, 9.17) is 4.74 Å². The van der Waals surface area contributed by atoms with Crippen LogP contribution in [0.15, 0.2) is 66.3 Å². The van der Waals surface area contributed by atoms with Crippen molar-refractivity contribution in [2.24, 2.45) is 0 Å². The Hall–Kier alpha value is -3.34. The van der Waals surface area contributed by atoms with E-state index in [1.165, 1.54) is 0 Å². The van der Waals surface area contributed by atoms with Crippen LogP contribution in [0.4, 0.5) is 5.69 Å². The normalized spacial score (nSPS) is 19.6. The zero-order chi connectivity index (χ0) is 20.7. The van der Waals surface area contributed by atoms with Crippen LogP contribution in [0.1, 0.15) is 27.4 Å². The monoisotopic (exact) mass is 388 g/mol. The maximum Gasteiger partial charge on any atom is 0.199 e. The highest BCUT2D eigenvalue weighted by Crippen LogP contribution is 2.47. The predicted octanol–water partition coefficient (Wildman–Crippen LogP) is 2.22. The summed E-state index contributed by atoms with van der Waals surface area (Å²) in [7, 11) is 7.95. The molecule has 2 aromatic rings. The molecule has 1 aliphatic heterocycles. The lowest BCUT2D eigenvalue weighted by Crippen LogP contribution is -2.33. The fourth-order valence-electron chi connectivity index (χ4n) is 3.98. The Labute approximate surface area is 170 Å². The van der Waals surface area contributed by atoms with Crippen LogP contribution >= 0.6 is 0 Å². The van der Waals surface area contributed by atoms with Crippen LogP contribution in [0.5, 0.6) is 5.75 Å². The molecule has 29 heavy (non-hydrogen) atoms. The van der Waals surface area contributed by atoms with Gasteiger partial charge in [0.25, 0.3) is 0 Å². The van der Waals surface area contributed by atoms with Gasteiger partial charge in [0.1, 0.15) is 25.9 Å². The Morgan fingerprint density at radius 2 is 1.86 bits per heavy atom. The van der Waals surface area contributed by atoms with Gasteiger partial charge in [-0.2, -0.15) is 0 Å². The zero-order valence-corrected chi connectivity index (χ0v) is 17.0. The lowest BCUT2D eigenvalue weighted by atomic mass is 9.76. The number of nitrogens with zero attached hydrogens (tertiary/aromatic N) is 2. The highest BCUT2D eigenvalue weighted by Gasteiger charge is 2.37. The third-order valence-electron chi connectivity index (χ3n) is 5.50. The molecule has 1 heterocycles. The number of carboxylic acid groups (broad SMARTS) is 1. The van der Waals surface area contributed by atoms with E-state index < -0.39 is 5.97 Å². The third kappa shape index (κ3) is 3.33. The number of hydrogen-bond acceptors (Lipinski definition) is 4. The Balaban J connectivity index is 2.00. The minimum absolute atomic E-state index is 0.209. The smallest absolute Gasteiger partial charge is 0.199 e. The third-order valence-corrected chi connectivity index (χ3v) is 5.50. The van der Waals surface area contributed by atoms with Gasteiger partial charge in [0.2, 0.25) is 0 Å². The van der Waals surface area contributed by atoms with Crippen molar-refractivity contribution in [1.82, 2.24) is 0 Å². The molecular formula is C24H24N2O3. The molecule has 4 rings (SSSR count). The first-order chi connectivity index (χ1) is 13.9. The summed E-state index contributed by atoms with van der Waals surface area (Å²) < 4.78 is 8.32. The van der Waals surface area contributed by atoms with Gasteiger partial charge in [0, 0.05) is 49.0 Å². The minimum Gasteiger partial charge on any atom is -0.545 e. The van der Waals surface area contributed by atoms with Crippen LogP contribution < -0.4 is 14.7 Å². The summed E-state index contributed by atoms with van der Waals surface area (Å²) in [6.07, 6.45) is 5.93. The summed E-state index contributed by atoms with van der Waals surface area (Å²) in [5.74, 6) is -0.635. The van der Waals surface area contributed by atoms with Crippen LogP contribution in [0.25, 0.3) is 0 Å². The molecule has 0 aromatic heterocycles. The highest BCUT2D eigenvalue weighted by molar-refractivity contribution is 6.02. The molecule has 0 spiro atoms. The molecule has 0 saturated heterocycles. The summed E-state index contributed by atoms with van der Waals surface area (Å²) in [6, 6.07) is 13.1. The molecule has 2 aliphatic rings. The van der Waals surface area contributed by atoms with Crippen molar-refractivity contribution in [1.29, 1.82) is 0 Å². The Morgan fingerprint density at radius 1 is 1.10 bits per heavy atom. The molecule has 5 heteroatoms. The van der Waals surface area contributed by atoms with Crippen molar-refractivity contribution in [3.8, 4) is 5.75 Å². The predicted molar refractivity (Wildman–Crippen MR) is 112 cm³/mol. The van der Waals surface area contributed by atoms with Gasteiger partial charge in [-0.15, -0.1) is 0 Å². The number of rotatable bonds is 3. The molecule has 0 amide bonds. The van der Waals surface area contributed by atoms with Crippen LogP contribution in [0, 0.1) is 0 Å². The molecule has 5 nitrogen and oxygen atoms in total. The lowest BCUT2D eigenvalue weighted by Gasteiger charge is -2.36. The van der Waals surface area contributed by atoms with Crippen molar-refractivity contribution in [2.45, 2.75) is 12.0 Å². The second-order valence-electron chi connectivity index (χ2n) is 7.79. The van der Waals surface area contributed by atoms with Gasteiger partial charge in [-0.1, -0.05) is 24.3 Å². The van der Waals surface area contributed by atoms with Crippen LogP contribution in [0.3, 0.4) is 0 Å². The molecule has 2 aromatic carbocycles. The molecule has 0 saturated carbocycles. The van der Waals surface area contributed by atoms with Crippen molar-refractivity contribution in [2.75, 3.05) is 33.1 Å². The number of fused-ring (bicyclic) bond motifs is 2. The largest absolute Gasteiger partial charge is 0.545 e. The first-order valence-corrected chi connectivity index (χ1v) is 9.59. The van der Waals surface area contributed by atoms with Gasteiger partial charge in [0.05, 0.1) is 5.97 Å². The van der Waals surface area contributed by atoms with Crippen LogP contribution in [-0.4, -0.2) is 50.6 Å². The Kier molecular flexibility index (Phi) is 4.74. The number of carboxylic acids is 1. The van der Waals surface area contributed by atoms with E-state index in [2.05, 4.69) is 12.1 Å². The van der Waals surface area contributed by atoms with Gasteiger partial charge >= 0.3 is 0 Å². The van der Waals surface area contributed by atoms with E-state index in [1.54, 1.807) is 12.1 Å². The molecule has 0 radical (unpaired) electrons. The number of allylic oxidation sites excluding steroid dienone is 2. The van der Waals surface area contributed by atoms with E-state index in [0.717, 1.165) is 33.8 Å². The molecule has 2 atom stereocenters. The standard InChI is InChI=1S/C24H24N2O3/c1-25(2)15-9-11-21-19(13-15)23(17-7-5-6-8-18(17)24(27)28)20-14-16(26(3)4)10-12-22(20)29-21/h5-14,21,23H,1-4H3. The topological polar surface area (TPSA) is 55.6 Å². The molecule has 0 fully saturated rings. The number of carbonyl (C=O) groups excluding carboxylic acids is 1. The number of ether oxygens (including phenoxy) is 1. The summed E-state index contributed by atoms with van der Waals surface area (Å²) in [6.45, 7) is 0. The molecule has 0 N–H and O–H groups in total. The van der Waals surface area contributed by atoms with Crippen LogP contribution in [-0.2, 0) is 0 Å². The van der Waals surface area contributed by atoms with Gasteiger partial charge in [-0.25, -0.2) is 4.58 Å². The fourth-order valence-corrected chi connectivity index (χ4v) is 3.98. The first-order valence-electron chi connectivity index (χ1n) is 9.59. The average molecular weight is 388 g/mol. The minimum atomic E-state index is -1.17. The summed E-state index contributed by atoms with van der Waals surface area (Å²) in [5.41, 5.74) is 4.99. The lowest BCUT2D eigenvalue weighted by molar-refractivity contribution is -0.462. The maximum absolute atomic E-state index is 11.9. The molecule has 2 unspecified atom stereocenters. The Morgan fingerprint density at radius 3 is 2.55 bits per heavy atom. The molecule has 0 bridgehead atoms. The van der Waals surface area contributed by atoms with E-state index >= 15 is 0 Å². The van der Waals surface area contributed by atoms with Crippen LogP contribution in [0.2, 0.25) is 0 Å². The van der Waals surface area contributed by atoms with E-state index in [0.29, 0.717) is 0 Å². The number of aromatic carboxylic acids is 1. The number of anilines is 1. The highest BCUT2D eigenvalue weighted by atomic mass is 16.5. The van der Waals surface area contributed by atoms with E-state index in [-0.39, 0.29) is 17.6 Å². The SMILES string of the molecule is CN(C)c1ccc2c(c1)C(c1ccccc1C(=O)[O-])C1=CC(=[N+](C)C)C=CC1O2. The van der Waals surface area contributed by atoms with Crippen molar-refractivity contribution in [3.63, 3.8) is 0 Å². The van der Waals surface area contributed by atoms with E-state index in [1.807, 2.05) is 74.1 Å². The zero-order valence-electron chi connectivity index (χ0n) is 17.0. The molecule has 148 valence electrons. The molecular weight excluding hydrogens is 364 g/mol. The second kappa shape index (κ2) is 7.24. The van der Waals surface area contributed by atoms with Crippen molar-refractivity contribution >= 4 is 17.4 Å². The van der Waals surface area contributed by atoms with Crippen molar-refractivity contribution < 1.29 is 19.2 Å². The first kappa shape index (κ1) is 19.0. The maximum atomic E-state index is 11.9. The van der Waals surface area contributed by atoms with E-state index in [9.17, 15) is 9.90 Å². The number of hydrogen-bond donors (Lipinski definition) is 0. The van der Waals surface area contributed by atoms with Gasteiger partial charge in [-0.05, 0) is 35.4 Å². The summed E-state index contributed by atoms with van der Waals surface area (Å²) in [5, 5.41) is 11.9. The van der Waals surface area contributed by atoms with Crippen molar-refractivity contribution in [3.05, 3.63) is 83.0 Å². The van der Waals surface area contributed by atoms with Gasteiger partial charge in [0.15, 0.2) is 5.71 Å². The molecule has 1 aliphatic carbocycles. The fraction of sp³-hybridized carbons (Fsp3) is 0.250. The summed E-state index contributed by atoms with van der Waals surface area (Å²) in [4.78, 5) is 13.9. The number of benzene rings is 2. The second-order valence-corrected chi connectivity index (χ2v) is 7.79. The average Bonchev–Trinajstić information content (AvgIpc) is 2.71. The summed E-state index contributed by atoms with van der Waals surface area (Å²) >= 11 is 0. The van der Waals surface area contributed by atoms with Gasteiger partial charge in [-0.3, -0.25) is 0 Å². The van der Waals surface area contributed by atoms with Gasteiger partial charge < -0.3 is 19.5 Å². The number of carbonyl (C=O) groups is 1. The quantitative estimate of drug-likeness (QED) is 0.757. The Bertz CT molecular complexity index is 1080.